The first-order valence-electron chi connectivity index (χ1n) is 5.29. The molecular weight excluding hydrogens is 230 g/mol. The molecule has 0 aliphatic heterocycles. The number of nitrogens with zero attached hydrogens (tertiary/aromatic N) is 4. The molecule has 0 fully saturated rings. The van der Waals surface area contributed by atoms with E-state index in [1.54, 1.807) is 35.7 Å². The molecule has 0 atom stereocenters. The van der Waals surface area contributed by atoms with Crippen molar-refractivity contribution in [2.75, 3.05) is 6.54 Å². The highest BCUT2D eigenvalue weighted by Gasteiger charge is 1.97. The van der Waals surface area contributed by atoms with Crippen LogP contribution in [0.25, 0.3) is 5.95 Å². The molecule has 0 unspecified atom stereocenters. The molecule has 0 aliphatic carbocycles. The van der Waals surface area contributed by atoms with Crippen molar-refractivity contribution >= 4 is 5.91 Å². The van der Waals surface area contributed by atoms with Crippen LogP contribution >= 0.6 is 0 Å². The summed E-state index contributed by atoms with van der Waals surface area (Å²) in [5.41, 5.74) is 0.698. The second-order valence-corrected chi connectivity index (χ2v) is 3.45. The summed E-state index contributed by atoms with van der Waals surface area (Å²) >= 11 is 0. The van der Waals surface area contributed by atoms with Crippen LogP contribution in [0.15, 0.2) is 31.1 Å². The quantitative estimate of drug-likeness (QED) is 0.760. The van der Waals surface area contributed by atoms with E-state index in [9.17, 15) is 4.79 Å². The number of nitrogens with one attached hydrogen (secondary N) is 1. The number of aromatic nitrogens is 4. The van der Waals surface area contributed by atoms with E-state index in [0.717, 1.165) is 0 Å². The average molecular weight is 241 g/mol. The van der Waals surface area contributed by atoms with Crippen molar-refractivity contribution in [2.24, 2.45) is 0 Å². The summed E-state index contributed by atoms with van der Waals surface area (Å²) in [7, 11) is 0. The van der Waals surface area contributed by atoms with Crippen molar-refractivity contribution in [1.82, 2.24) is 24.8 Å². The molecule has 0 saturated carbocycles. The zero-order chi connectivity index (χ0) is 12.8. The third-order valence-electron chi connectivity index (χ3n) is 2.03. The first kappa shape index (κ1) is 11.8. The summed E-state index contributed by atoms with van der Waals surface area (Å²) in [6.45, 7) is 1.77. The average Bonchev–Trinajstić information content (AvgIpc) is 2.89. The largest absolute Gasteiger partial charge is 0.345 e. The van der Waals surface area contributed by atoms with Gasteiger partial charge in [-0.1, -0.05) is 11.8 Å². The lowest BCUT2D eigenvalue weighted by Gasteiger charge is -1.98. The van der Waals surface area contributed by atoms with E-state index >= 15 is 0 Å². The summed E-state index contributed by atoms with van der Waals surface area (Å²) in [4.78, 5) is 22.8. The summed E-state index contributed by atoms with van der Waals surface area (Å²) in [5.74, 6) is 6.10. The number of imidazole rings is 1. The van der Waals surface area contributed by atoms with Gasteiger partial charge in [0.1, 0.15) is 6.33 Å². The van der Waals surface area contributed by atoms with Crippen molar-refractivity contribution in [3.05, 3.63) is 36.7 Å². The predicted molar refractivity (Wildman–Crippen MR) is 64.7 cm³/mol. The molecule has 0 saturated heterocycles. The van der Waals surface area contributed by atoms with Crippen molar-refractivity contribution in [3.8, 4) is 17.8 Å². The Balaban J connectivity index is 2.02. The van der Waals surface area contributed by atoms with E-state index in [1.807, 2.05) is 0 Å². The Morgan fingerprint density at radius 1 is 1.44 bits per heavy atom. The number of rotatable bonds is 2. The van der Waals surface area contributed by atoms with Crippen molar-refractivity contribution in [2.45, 2.75) is 6.92 Å². The predicted octanol–water partition coefficient (Wildman–Crippen LogP) is 0.150. The Morgan fingerprint density at radius 3 is 2.83 bits per heavy atom. The van der Waals surface area contributed by atoms with Gasteiger partial charge in [-0.15, -0.1) is 0 Å². The standard InChI is InChI=1S/C12H11N5O/c1-10(18)14-4-2-3-11-7-15-12(16-8-11)17-6-5-13-9-17/h5-9H,4H2,1H3,(H,14,18). The molecule has 0 aliphatic rings. The fourth-order valence-electron chi connectivity index (χ4n) is 1.21. The van der Waals surface area contributed by atoms with Gasteiger partial charge < -0.3 is 5.32 Å². The Labute approximate surface area is 104 Å². The first-order chi connectivity index (χ1) is 8.75. The molecule has 0 aromatic carbocycles. The van der Waals surface area contributed by atoms with Crippen LogP contribution < -0.4 is 5.32 Å². The maximum absolute atomic E-state index is 10.6. The van der Waals surface area contributed by atoms with Crippen LogP contribution in [-0.2, 0) is 4.79 Å². The lowest BCUT2D eigenvalue weighted by atomic mass is 10.3. The van der Waals surface area contributed by atoms with Gasteiger partial charge >= 0.3 is 0 Å². The summed E-state index contributed by atoms with van der Waals surface area (Å²) in [6, 6.07) is 0. The number of carbonyl (C=O) groups is 1. The topological polar surface area (TPSA) is 72.7 Å². The van der Waals surface area contributed by atoms with Gasteiger partial charge in [-0.3, -0.25) is 9.36 Å². The summed E-state index contributed by atoms with van der Waals surface area (Å²) < 4.78 is 1.70. The Hall–Kier alpha value is -2.68. The van der Waals surface area contributed by atoms with E-state index in [1.165, 1.54) is 6.92 Å². The molecule has 0 spiro atoms. The van der Waals surface area contributed by atoms with Crippen molar-refractivity contribution < 1.29 is 4.79 Å². The number of hydrogen-bond acceptors (Lipinski definition) is 4. The van der Waals surface area contributed by atoms with Gasteiger partial charge in [-0.05, 0) is 0 Å². The van der Waals surface area contributed by atoms with Crippen LogP contribution in [0, 0.1) is 11.8 Å². The minimum atomic E-state index is -0.101. The molecule has 18 heavy (non-hydrogen) atoms. The Morgan fingerprint density at radius 2 is 2.22 bits per heavy atom. The van der Waals surface area contributed by atoms with Gasteiger partial charge in [0.15, 0.2) is 0 Å². The van der Waals surface area contributed by atoms with Gasteiger partial charge in [-0.25, -0.2) is 15.0 Å². The lowest BCUT2D eigenvalue weighted by molar-refractivity contribution is -0.118. The van der Waals surface area contributed by atoms with Crippen LogP contribution in [-0.4, -0.2) is 32.0 Å². The summed E-state index contributed by atoms with van der Waals surface area (Å²) in [6.07, 6.45) is 8.30. The van der Waals surface area contributed by atoms with Crippen LogP contribution in [0.3, 0.4) is 0 Å². The molecular formula is C12H11N5O. The minimum absolute atomic E-state index is 0.101. The normalized spacial score (nSPS) is 9.39. The Bertz CT molecular complexity index is 577. The molecule has 1 N–H and O–H groups in total. The SMILES string of the molecule is CC(=O)NCC#Cc1cnc(-n2ccnc2)nc1. The number of hydrogen-bond donors (Lipinski definition) is 1. The van der Waals surface area contributed by atoms with Crippen LogP contribution in [0.4, 0.5) is 0 Å². The number of carbonyl (C=O) groups excluding carboxylic acids is 1. The van der Waals surface area contributed by atoms with Gasteiger partial charge in [-0.2, -0.15) is 0 Å². The zero-order valence-corrected chi connectivity index (χ0v) is 9.79. The molecule has 0 bridgehead atoms. The number of amides is 1. The highest BCUT2D eigenvalue weighted by molar-refractivity contribution is 5.73. The third-order valence-corrected chi connectivity index (χ3v) is 2.03. The van der Waals surface area contributed by atoms with E-state index in [0.29, 0.717) is 18.1 Å². The van der Waals surface area contributed by atoms with Crippen molar-refractivity contribution in [3.63, 3.8) is 0 Å². The third kappa shape index (κ3) is 3.15. The summed E-state index contributed by atoms with van der Waals surface area (Å²) in [5, 5.41) is 2.58. The maximum Gasteiger partial charge on any atom is 0.234 e. The lowest BCUT2D eigenvalue weighted by Crippen LogP contribution is -2.19. The van der Waals surface area contributed by atoms with Crippen LogP contribution in [0.1, 0.15) is 12.5 Å². The Kier molecular flexibility index (Phi) is 3.66. The highest BCUT2D eigenvalue weighted by Crippen LogP contribution is 1.99. The molecule has 0 radical (unpaired) electrons. The molecule has 1 amide bonds. The minimum Gasteiger partial charge on any atom is -0.345 e. The van der Waals surface area contributed by atoms with Crippen LogP contribution in [0.5, 0.6) is 0 Å². The monoisotopic (exact) mass is 241 g/mol. The molecule has 2 aromatic heterocycles. The highest BCUT2D eigenvalue weighted by atomic mass is 16.1. The molecule has 2 aromatic rings. The second kappa shape index (κ2) is 5.59. The van der Waals surface area contributed by atoms with Gasteiger partial charge in [0.05, 0.1) is 12.1 Å². The molecule has 90 valence electrons. The van der Waals surface area contributed by atoms with Crippen LogP contribution in [0.2, 0.25) is 0 Å². The second-order valence-electron chi connectivity index (χ2n) is 3.45. The van der Waals surface area contributed by atoms with Gasteiger partial charge in [0.2, 0.25) is 11.9 Å². The fraction of sp³-hybridized carbons (Fsp3) is 0.167. The molecule has 2 heterocycles. The van der Waals surface area contributed by atoms with E-state index in [4.69, 9.17) is 0 Å². The van der Waals surface area contributed by atoms with Crippen molar-refractivity contribution in [1.29, 1.82) is 0 Å². The molecule has 6 nitrogen and oxygen atoms in total. The van der Waals surface area contributed by atoms with E-state index < -0.39 is 0 Å². The van der Waals surface area contributed by atoms with E-state index in [-0.39, 0.29) is 5.91 Å². The van der Waals surface area contributed by atoms with Gasteiger partial charge in [0, 0.05) is 31.7 Å². The maximum atomic E-state index is 10.6. The van der Waals surface area contributed by atoms with Gasteiger partial charge in [0.25, 0.3) is 0 Å². The zero-order valence-electron chi connectivity index (χ0n) is 9.79. The first-order valence-corrected chi connectivity index (χ1v) is 5.29. The van der Waals surface area contributed by atoms with E-state index in [2.05, 4.69) is 32.1 Å². The molecule has 6 heteroatoms. The fourth-order valence-corrected chi connectivity index (χ4v) is 1.21. The molecule has 2 rings (SSSR count). The smallest absolute Gasteiger partial charge is 0.234 e.